The number of nitrogens with one attached hydrogen (secondary N) is 1. The van der Waals surface area contributed by atoms with E-state index < -0.39 is 12.7 Å². The fourth-order valence-electron chi connectivity index (χ4n) is 2.91. The quantitative estimate of drug-likeness (QED) is 0.835. The van der Waals surface area contributed by atoms with Crippen LogP contribution in [-0.4, -0.2) is 41.8 Å². The molecule has 3 atom stereocenters. The summed E-state index contributed by atoms with van der Waals surface area (Å²) in [5.74, 6) is 0.204. The summed E-state index contributed by atoms with van der Waals surface area (Å²) >= 11 is 0. The van der Waals surface area contributed by atoms with Crippen LogP contribution in [0.3, 0.4) is 0 Å². The van der Waals surface area contributed by atoms with Crippen LogP contribution in [0.1, 0.15) is 38.3 Å². The molecule has 7 heteroatoms. The number of carbonyl (C=O) groups excluding carboxylic acids is 1. The van der Waals surface area contributed by atoms with E-state index in [0.29, 0.717) is 19.5 Å². The first-order chi connectivity index (χ1) is 11.4. The molecule has 0 bridgehead atoms. The number of aliphatic hydroxyl groups is 1. The normalized spacial score (nSPS) is 20.1. The number of likely N-dealkylation sites (tertiary alicyclic amines) is 1. The Labute approximate surface area is 140 Å². The van der Waals surface area contributed by atoms with Crippen molar-refractivity contribution in [3.63, 3.8) is 0 Å². The van der Waals surface area contributed by atoms with Gasteiger partial charge in [-0.25, -0.2) is 4.79 Å². The lowest BCUT2D eigenvalue weighted by molar-refractivity contribution is -0.0498. The van der Waals surface area contributed by atoms with Gasteiger partial charge in [0.05, 0.1) is 12.1 Å². The lowest BCUT2D eigenvalue weighted by Gasteiger charge is -2.23. The van der Waals surface area contributed by atoms with Crippen LogP contribution in [0.2, 0.25) is 0 Å². The SMILES string of the molecule is CCC(NC(=O)N1CCC(C(C)O)C1)c1ccc(OC(F)F)cc1. The van der Waals surface area contributed by atoms with Crippen molar-refractivity contribution >= 4 is 6.03 Å². The molecule has 1 aliphatic heterocycles. The average molecular weight is 342 g/mol. The molecule has 0 saturated carbocycles. The minimum atomic E-state index is -2.85. The van der Waals surface area contributed by atoms with E-state index in [0.717, 1.165) is 12.0 Å². The highest BCUT2D eigenvalue weighted by Crippen LogP contribution is 2.23. The fraction of sp³-hybridized carbons (Fsp3) is 0.588. The van der Waals surface area contributed by atoms with Gasteiger partial charge in [0.2, 0.25) is 0 Å². The first-order valence-electron chi connectivity index (χ1n) is 8.19. The van der Waals surface area contributed by atoms with Crippen LogP contribution < -0.4 is 10.1 Å². The molecule has 1 aromatic carbocycles. The van der Waals surface area contributed by atoms with Gasteiger partial charge in [-0.15, -0.1) is 0 Å². The number of carbonyl (C=O) groups is 1. The van der Waals surface area contributed by atoms with Gasteiger partial charge in [-0.2, -0.15) is 8.78 Å². The molecule has 2 rings (SSSR count). The predicted molar refractivity (Wildman–Crippen MR) is 86.0 cm³/mol. The molecule has 0 aliphatic carbocycles. The van der Waals surface area contributed by atoms with E-state index >= 15 is 0 Å². The van der Waals surface area contributed by atoms with Crippen molar-refractivity contribution in [1.29, 1.82) is 0 Å². The smallest absolute Gasteiger partial charge is 0.387 e. The van der Waals surface area contributed by atoms with E-state index in [9.17, 15) is 18.7 Å². The van der Waals surface area contributed by atoms with Gasteiger partial charge in [-0.3, -0.25) is 0 Å². The summed E-state index contributed by atoms with van der Waals surface area (Å²) in [7, 11) is 0. The van der Waals surface area contributed by atoms with E-state index in [-0.39, 0.29) is 23.7 Å². The van der Waals surface area contributed by atoms with Crippen molar-refractivity contribution in [3.05, 3.63) is 29.8 Å². The summed E-state index contributed by atoms with van der Waals surface area (Å²) in [5, 5.41) is 12.6. The zero-order valence-electron chi connectivity index (χ0n) is 13.9. The summed E-state index contributed by atoms with van der Waals surface area (Å²) in [5.41, 5.74) is 0.832. The lowest BCUT2D eigenvalue weighted by atomic mass is 10.0. The van der Waals surface area contributed by atoms with Crippen LogP contribution in [0.5, 0.6) is 5.75 Å². The maximum absolute atomic E-state index is 12.4. The van der Waals surface area contributed by atoms with Gasteiger partial charge < -0.3 is 20.1 Å². The maximum atomic E-state index is 12.4. The first kappa shape index (κ1) is 18.4. The average Bonchev–Trinajstić information content (AvgIpc) is 3.03. The van der Waals surface area contributed by atoms with Gasteiger partial charge >= 0.3 is 12.6 Å². The topological polar surface area (TPSA) is 61.8 Å². The van der Waals surface area contributed by atoms with Gasteiger partial charge in [-0.05, 0) is 37.5 Å². The number of urea groups is 1. The molecule has 0 spiro atoms. The molecular weight excluding hydrogens is 318 g/mol. The van der Waals surface area contributed by atoms with Gasteiger partial charge in [0.15, 0.2) is 0 Å². The molecule has 1 saturated heterocycles. The zero-order chi connectivity index (χ0) is 17.7. The number of halogens is 2. The van der Waals surface area contributed by atoms with E-state index in [1.807, 2.05) is 6.92 Å². The zero-order valence-corrected chi connectivity index (χ0v) is 13.9. The second-order valence-corrected chi connectivity index (χ2v) is 6.09. The van der Waals surface area contributed by atoms with Crippen LogP contribution in [0.4, 0.5) is 13.6 Å². The Morgan fingerprint density at radius 2 is 2.08 bits per heavy atom. The molecule has 134 valence electrons. The Morgan fingerprint density at radius 3 is 2.58 bits per heavy atom. The monoisotopic (exact) mass is 342 g/mol. The number of amides is 2. The summed E-state index contributed by atoms with van der Waals surface area (Å²) in [6.45, 7) is 2.00. The minimum absolute atomic E-state index is 0.0919. The van der Waals surface area contributed by atoms with E-state index in [2.05, 4.69) is 10.1 Å². The third-order valence-electron chi connectivity index (χ3n) is 4.41. The molecule has 0 radical (unpaired) electrons. The second-order valence-electron chi connectivity index (χ2n) is 6.09. The van der Waals surface area contributed by atoms with Crippen LogP contribution in [0, 0.1) is 5.92 Å². The lowest BCUT2D eigenvalue weighted by Crippen LogP contribution is -2.40. The van der Waals surface area contributed by atoms with Crippen LogP contribution in [0.15, 0.2) is 24.3 Å². The van der Waals surface area contributed by atoms with Gasteiger partial charge in [-0.1, -0.05) is 19.1 Å². The first-order valence-corrected chi connectivity index (χ1v) is 8.19. The maximum Gasteiger partial charge on any atom is 0.387 e. The highest BCUT2D eigenvalue weighted by atomic mass is 19.3. The van der Waals surface area contributed by atoms with Crippen molar-refractivity contribution in [2.75, 3.05) is 13.1 Å². The third kappa shape index (κ3) is 4.80. The minimum Gasteiger partial charge on any atom is -0.435 e. The van der Waals surface area contributed by atoms with Crippen LogP contribution in [-0.2, 0) is 0 Å². The van der Waals surface area contributed by atoms with Gasteiger partial charge in [0.1, 0.15) is 5.75 Å². The number of aliphatic hydroxyl groups excluding tert-OH is 1. The molecule has 2 amide bonds. The molecule has 5 nitrogen and oxygen atoms in total. The van der Waals surface area contributed by atoms with Crippen molar-refractivity contribution < 1.29 is 23.4 Å². The Balaban J connectivity index is 1.95. The second kappa shape index (κ2) is 8.28. The number of alkyl halides is 2. The summed E-state index contributed by atoms with van der Waals surface area (Å²) < 4.78 is 28.7. The Hall–Kier alpha value is -1.89. The van der Waals surface area contributed by atoms with Crippen molar-refractivity contribution in [1.82, 2.24) is 10.2 Å². The van der Waals surface area contributed by atoms with E-state index in [1.165, 1.54) is 12.1 Å². The van der Waals surface area contributed by atoms with Gasteiger partial charge in [0, 0.05) is 19.0 Å². The number of benzene rings is 1. The largest absolute Gasteiger partial charge is 0.435 e. The fourth-order valence-corrected chi connectivity index (χ4v) is 2.91. The number of hydrogen-bond acceptors (Lipinski definition) is 3. The Bertz CT molecular complexity index is 537. The van der Waals surface area contributed by atoms with Gasteiger partial charge in [0.25, 0.3) is 0 Å². The van der Waals surface area contributed by atoms with Crippen molar-refractivity contribution in [2.45, 2.75) is 45.4 Å². The van der Waals surface area contributed by atoms with Crippen molar-refractivity contribution in [3.8, 4) is 5.75 Å². The summed E-state index contributed by atoms with van der Waals surface area (Å²) in [4.78, 5) is 14.1. The summed E-state index contributed by atoms with van der Waals surface area (Å²) in [6.07, 6.45) is 1.04. The van der Waals surface area contributed by atoms with Crippen molar-refractivity contribution in [2.24, 2.45) is 5.92 Å². The van der Waals surface area contributed by atoms with Crippen LogP contribution in [0.25, 0.3) is 0 Å². The third-order valence-corrected chi connectivity index (χ3v) is 4.41. The highest BCUT2D eigenvalue weighted by molar-refractivity contribution is 5.75. The van der Waals surface area contributed by atoms with Crippen LogP contribution >= 0.6 is 0 Å². The number of ether oxygens (including phenoxy) is 1. The molecule has 3 unspecified atom stereocenters. The molecular formula is C17H24F2N2O3. The highest BCUT2D eigenvalue weighted by Gasteiger charge is 2.29. The Morgan fingerprint density at radius 1 is 1.42 bits per heavy atom. The molecule has 1 heterocycles. The molecule has 1 aliphatic rings. The molecule has 1 aromatic rings. The summed E-state index contributed by atoms with van der Waals surface area (Å²) in [6, 6.07) is 5.91. The van der Waals surface area contributed by atoms with E-state index in [1.54, 1.807) is 24.0 Å². The Kier molecular flexibility index (Phi) is 6.36. The molecule has 2 N–H and O–H groups in total. The molecule has 0 aromatic heterocycles. The number of nitrogens with zero attached hydrogens (tertiary/aromatic N) is 1. The van der Waals surface area contributed by atoms with E-state index in [4.69, 9.17) is 0 Å². The predicted octanol–water partition coefficient (Wildman–Crippen LogP) is 3.15. The number of rotatable bonds is 6. The molecule has 1 fully saturated rings. The standard InChI is InChI=1S/C17H24F2N2O3/c1-3-15(12-4-6-14(7-5-12)24-16(18)19)20-17(23)21-9-8-13(10-21)11(2)22/h4-7,11,13,15-16,22H,3,8-10H2,1-2H3,(H,20,23). The molecule has 24 heavy (non-hydrogen) atoms. The number of hydrogen-bond donors (Lipinski definition) is 2.